The normalized spacial score (nSPS) is 10.7. The van der Waals surface area contributed by atoms with Gasteiger partial charge in [-0.05, 0) is 23.9 Å². The third kappa shape index (κ3) is 3.98. The molecule has 7 nitrogen and oxygen atoms in total. The third-order valence-corrected chi connectivity index (χ3v) is 4.51. The van der Waals surface area contributed by atoms with E-state index in [1.165, 1.54) is 6.33 Å². The molecule has 0 saturated carbocycles. The topological polar surface area (TPSA) is 90.2 Å². The van der Waals surface area contributed by atoms with Crippen LogP contribution < -0.4 is 10.1 Å². The summed E-state index contributed by atoms with van der Waals surface area (Å²) in [6.45, 7) is 2.40. The van der Waals surface area contributed by atoms with Crippen molar-refractivity contribution in [1.82, 2.24) is 9.97 Å². The van der Waals surface area contributed by atoms with Crippen molar-refractivity contribution in [1.29, 1.82) is 0 Å². The van der Waals surface area contributed by atoms with E-state index in [9.17, 15) is 10.1 Å². The lowest BCUT2D eigenvalue weighted by molar-refractivity contribution is -0.385. The SMILES string of the molecule is Cc1ccc(CNc2ncnc(Oc3cccc4ccccc34)c2[N+](=O)[O-])cc1. The van der Waals surface area contributed by atoms with E-state index in [4.69, 9.17) is 4.74 Å². The zero-order valence-electron chi connectivity index (χ0n) is 15.7. The van der Waals surface area contributed by atoms with Crippen LogP contribution in [-0.4, -0.2) is 14.9 Å². The summed E-state index contributed by atoms with van der Waals surface area (Å²) < 4.78 is 5.86. The second kappa shape index (κ2) is 7.93. The van der Waals surface area contributed by atoms with Crippen molar-refractivity contribution < 1.29 is 9.66 Å². The van der Waals surface area contributed by atoms with Gasteiger partial charge in [-0.15, -0.1) is 0 Å². The molecule has 29 heavy (non-hydrogen) atoms. The average Bonchev–Trinajstić information content (AvgIpc) is 2.73. The Balaban J connectivity index is 1.66. The molecule has 0 atom stereocenters. The van der Waals surface area contributed by atoms with Gasteiger partial charge < -0.3 is 10.1 Å². The molecule has 3 aromatic carbocycles. The molecule has 7 heteroatoms. The van der Waals surface area contributed by atoms with Gasteiger partial charge in [0.1, 0.15) is 12.1 Å². The molecule has 0 aliphatic carbocycles. The second-order valence-electron chi connectivity index (χ2n) is 6.55. The monoisotopic (exact) mass is 386 g/mol. The first-order valence-corrected chi connectivity index (χ1v) is 9.06. The zero-order chi connectivity index (χ0) is 20.2. The van der Waals surface area contributed by atoms with Crippen molar-refractivity contribution in [2.45, 2.75) is 13.5 Å². The van der Waals surface area contributed by atoms with Crippen LogP contribution in [0, 0.1) is 17.0 Å². The molecule has 0 radical (unpaired) electrons. The van der Waals surface area contributed by atoms with E-state index in [1.807, 2.05) is 67.6 Å². The molecular formula is C22H18N4O3. The maximum absolute atomic E-state index is 11.8. The Kier molecular flexibility index (Phi) is 5.03. The maximum atomic E-state index is 11.8. The fourth-order valence-corrected chi connectivity index (χ4v) is 3.01. The maximum Gasteiger partial charge on any atom is 0.373 e. The summed E-state index contributed by atoms with van der Waals surface area (Å²) in [6.07, 6.45) is 1.25. The smallest absolute Gasteiger partial charge is 0.373 e. The van der Waals surface area contributed by atoms with Crippen LogP contribution in [0.1, 0.15) is 11.1 Å². The summed E-state index contributed by atoms with van der Waals surface area (Å²) in [5, 5.41) is 16.6. The fraction of sp³-hybridized carbons (Fsp3) is 0.0909. The van der Waals surface area contributed by atoms with E-state index in [1.54, 1.807) is 6.07 Å². The van der Waals surface area contributed by atoms with Crippen LogP contribution in [0.5, 0.6) is 11.6 Å². The van der Waals surface area contributed by atoms with Crippen LogP contribution in [0.3, 0.4) is 0 Å². The quantitative estimate of drug-likeness (QED) is 0.359. The molecule has 4 aromatic rings. The van der Waals surface area contributed by atoms with E-state index >= 15 is 0 Å². The summed E-state index contributed by atoms with van der Waals surface area (Å²) in [4.78, 5) is 19.3. The highest BCUT2D eigenvalue weighted by Crippen LogP contribution is 2.36. The number of hydrogen-bond donors (Lipinski definition) is 1. The van der Waals surface area contributed by atoms with Crippen LogP contribution >= 0.6 is 0 Å². The predicted molar refractivity (Wildman–Crippen MR) is 111 cm³/mol. The molecule has 0 bridgehead atoms. The number of ether oxygens (including phenoxy) is 1. The molecule has 0 fully saturated rings. The zero-order valence-corrected chi connectivity index (χ0v) is 15.7. The van der Waals surface area contributed by atoms with Crippen molar-refractivity contribution in [3.05, 3.63) is 94.3 Å². The lowest BCUT2D eigenvalue weighted by atomic mass is 10.1. The summed E-state index contributed by atoms with van der Waals surface area (Å²) in [6, 6.07) is 21.1. The largest absolute Gasteiger partial charge is 0.433 e. The number of rotatable bonds is 6. The highest BCUT2D eigenvalue weighted by Gasteiger charge is 2.25. The molecule has 0 spiro atoms. The minimum absolute atomic E-state index is 0.104. The summed E-state index contributed by atoms with van der Waals surface area (Å²) >= 11 is 0. The van der Waals surface area contributed by atoms with Crippen LogP contribution in [-0.2, 0) is 6.54 Å². The lowest BCUT2D eigenvalue weighted by Crippen LogP contribution is -2.07. The Hall–Kier alpha value is -4.00. The summed E-state index contributed by atoms with van der Waals surface area (Å²) in [7, 11) is 0. The first kappa shape index (κ1) is 18.4. The second-order valence-corrected chi connectivity index (χ2v) is 6.55. The molecule has 1 heterocycles. The van der Waals surface area contributed by atoms with E-state index in [0.29, 0.717) is 12.3 Å². The first-order valence-electron chi connectivity index (χ1n) is 9.06. The van der Waals surface area contributed by atoms with Gasteiger partial charge in [-0.1, -0.05) is 66.2 Å². The molecule has 144 valence electrons. The van der Waals surface area contributed by atoms with E-state index in [2.05, 4.69) is 15.3 Å². The van der Waals surface area contributed by atoms with Gasteiger partial charge in [-0.3, -0.25) is 10.1 Å². The Bertz CT molecular complexity index is 1170. The predicted octanol–water partition coefficient (Wildman–Crippen LogP) is 5.25. The molecule has 1 aromatic heterocycles. The van der Waals surface area contributed by atoms with Crippen molar-refractivity contribution in [3.8, 4) is 11.6 Å². The Morgan fingerprint density at radius 2 is 1.76 bits per heavy atom. The van der Waals surface area contributed by atoms with Crippen LogP contribution in [0.25, 0.3) is 10.8 Å². The molecule has 4 rings (SSSR count). The number of fused-ring (bicyclic) bond motifs is 1. The Labute approximate surface area is 167 Å². The molecular weight excluding hydrogens is 368 g/mol. The highest BCUT2D eigenvalue weighted by molar-refractivity contribution is 5.88. The van der Waals surface area contributed by atoms with Gasteiger partial charge in [0.25, 0.3) is 0 Å². The van der Waals surface area contributed by atoms with Crippen molar-refractivity contribution in [2.24, 2.45) is 0 Å². The van der Waals surface area contributed by atoms with Gasteiger partial charge in [0, 0.05) is 11.9 Å². The van der Waals surface area contributed by atoms with E-state index in [0.717, 1.165) is 21.9 Å². The number of aryl methyl sites for hydroxylation is 1. The third-order valence-electron chi connectivity index (χ3n) is 4.51. The number of aromatic nitrogens is 2. The van der Waals surface area contributed by atoms with Crippen LogP contribution in [0.2, 0.25) is 0 Å². The van der Waals surface area contributed by atoms with Crippen molar-refractivity contribution >= 4 is 22.3 Å². The molecule has 0 saturated heterocycles. The van der Waals surface area contributed by atoms with Gasteiger partial charge >= 0.3 is 11.6 Å². The minimum Gasteiger partial charge on any atom is -0.433 e. The van der Waals surface area contributed by atoms with Gasteiger partial charge in [-0.25, -0.2) is 4.98 Å². The molecule has 0 aliphatic heterocycles. The number of nitro groups is 1. The highest BCUT2D eigenvalue weighted by atomic mass is 16.6. The molecule has 0 aliphatic rings. The Morgan fingerprint density at radius 3 is 2.55 bits per heavy atom. The average molecular weight is 386 g/mol. The number of nitrogens with zero attached hydrogens (tertiary/aromatic N) is 3. The summed E-state index contributed by atoms with van der Waals surface area (Å²) in [5.41, 5.74) is 1.83. The van der Waals surface area contributed by atoms with Crippen molar-refractivity contribution in [2.75, 3.05) is 5.32 Å². The molecule has 1 N–H and O–H groups in total. The van der Waals surface area contributed by atoms with Crippen LogP contribution in [0.4, 0.5) is 11.5 Å². The molecule has 0 unspecified atom stereocenters. The Morgan fingerprint density at radius 1 is 1.00 bits per heavy atom. The lowest BCUT2D eigenvalue weighted by Gasteiger charge is -2.11. The molecule has 0 amide bonds. The fourth-order valence-electron chi connectivity index (χ4n) is 3.01. The standard InChI is InChI=1S/C22H18N4O3/c1-15-9-11-16(12-10-15)13-23-21-20(26(27)28)22(25-14-24-21)29-19-8-4-6-17-5-2-3-7-18(17)19/h2-12,14H,13H2,1H3,(H,23,24,25). The first-order chi connectivity index (χ1) is 14.1. The van der Waals surface area contributed by atoms with E-state index < -0.39 is 4.92 Å². The summed E-state index contributed by atoms with van der Waals surface area (Å²) in [5.74, 6) is 0.503. The van der Waals surface area contributed by atoms with E-state index in [-0.39, 0.29) is 17.4 Å². The minimum atomic E-state index is -0.530. The number of benzene rings is 3. The number of nitrogens with one attached hydrogen (secondary N) is 1. The van der Waals surface area contributed by atoms with Crippen LogP contribution in [0.15, 0.2) is 73.1 Å². The number of anilines is 1. The van der Waals surface area contributed by atoms with Gasteiger partial charge in [0.2, 0.25) is 5.82 Å². The van der Waals surface area contributed by atoms with Crippen molar-refractivity contribution in [3.63, 3.8) is 0 Å². The number of hydrogen-bond acceptors (Lipinski definition) is 6. The van der Waals surface area contributed by atoms with Gasteiger partial charge in [-0.2, -0.15) is 4.98 Å². The van der Waals surface area contributed by atoms with Gasteiger partial charge in [0.15, 0.2) is 0 Å². The van der Waals surface area contributed by atoms with Gasteiger partial charge in [0.05, 0.1) is 4.92 Å².